The van der Waals surface area contributed by atoms with E-state index < -0.39 is 23.8 Å². The topological polar surface area (TPSA) is 106 Å². The third kappa shape index (κ3) is 7.16. The Morgan fingerprint density at radius 2 is 1.75 bits per heavy atom. The lowest BCUT2D eigenvalue weighted by molar-refractivity contribution is -0.131. The summed E-state index contributed by atoms with van der Waals surface area (Å²) in [5, 5.41) is 3.30. The molecule has 0 aromatic heterocycles. The molecule has 3 N–H and O–H groups in total. The second kappa shape index (κ2) is 12.0. The maximum atomic E-state index is 12.7. The van der Waals surface area contributed by atoms with Crippen LogP contribution in [0.3, 0.4) is 0 Å². The molecular weight excluding hydrogens is 434 g/mol. The van der Waals surface area contributed by atoms with Crippen LogP contribution in [0.15, 0.2) is 42.5 Å². The van der Waals surface area contributed by atoms with Crippen LogP contribution in [-0.4, -0.2) is 37.0 Å². The van der Waals surface area contributed by atoms with Gasteiger partial charge in [0.25, 0.3) is 17.7 Å². The van der Waals surface area contributed by atoms with E-state index in [0.29, 0.717) is 28.7 Å². The number of carbonyl (C=O) groups is 3. The number of rotatable bonds is 9. The van der Waals surface area contributed by atoms with Crippen LogP contribution >= 0.6 is 11.6 Å². The SMILES string of the molecule is CCOc1ccccc1C(=O)N[C@H](C(=O)NNC(=O)COc1ccc(Cl)c(C)c1)C(C)C. The van der Waals surface area contributed by atoms with E-state index in [-0.39, 0.29) is 12.5 Å². The summed E-state index contributed by atoms with van der Waals surface area (Å²) in [7, 11) is 0. The minimum atomic E-state index is -0.877. The number of hydrogen-bond donors (Lipinski definition) is 3. The van der Waals surface area contributed by atoms with Gasteiger partial charge in [0.15, 0.2) is 6.61 Å². The highest BCUT2D eigenvalue weighted by Gasteiger charge is 2.26. The zero-order chi connectivity index (χ0) is 23.7. The van der Waals surface area contributed by atoms with Crippen LogP contribution in [0.1, 0.15) is 36.7 Å². The summed E-state index contributed by atoms with van der Waals surface area (Å²) >= 11 is 5.96. The predicted octanol–water partition coefficient (Wildman–Crippen LogP) is 3.03. The quantitative estimate of drug-likeness (QED) is 0.498. The van der Waals surface area contributed by atoms with Crippen LogP contribution < -0.4 is 25.6 Å². The maximum Gasteiger partial charge on any atom is 0.276 e. The fourth-order valence-corrected chi connectivity index (χ4v) is 2.91. The van der Waals surface area contributed by atoms with Crippen LogP contribution in [-0.2, 0) is 9.59 Å². The van der Waals surface area contributed by atoms with Crippen LogP contribution in [0, 0.1) is 12.8 Å². The Kier molecular flexibility index (Phi) is 9.34. The number of aryl methyl sites for hydroxylation is 1. The molecule has 3 amide bonds. The van der Waals surface area contributed by atoms with Gasteiger partial charge in [-0.05, 0) is 55.7 Å². The third-order valence-corrected chi connectivity index (χ3v) is 4.92. The number of para-hydroxylation sites is 1. The number of benzene rings is 2. The Morgan fingerprint density at radius 3 is 2.41 bits per heavy atom. The summed E-state index contributed by atoms with van der Waals surface area (Å²) in [5.41, 5.74) is 5.77. The van der Waals surface area contributed by atoms with Gasteiger partial charge < -0.3 is 14.8 Å². The molecule has 2 aromatic carbocycles. The van der Waals surface area contributed by atoms with Gasteiger partial charge in [0.05, 0.1) is 12.2 Å². The van der Waals surface area contributed by atoms with Gasteiger partial charge in [-0.1, -0.05) is 37.6 Å². The molecule has 0 aliphatic heterocycles. The Labute approximate surface area is 192 Å². The Bertz CT molecular complexity index is 964. The van der Waals surface area contributed by atoms with Crippen LogP contribution in [0.25, 0.3) is 0 Å². The fraction of sp³-hybridized carbons (Fsp3) is 0.348. The molecule has 0 unspecified atom stereocenters. The van der Waals surface area contributed by atoms with Crippen molar-refractivity contribution in [3.05, 3.63) is 58.6 Å². The van der Waals surface area contributed by atoms with E-state index in [4.69, 9.17) is 21.1 Å². The molecule has 1 atom stereocenters. The van der Waals surface area contributed by atoms with Crippen LogP contribution in [0.2, 0.25) is 5.02 Å². The van der Waals surface area contributed by atoms with Gasteiger partial charge >= 0.3 is 0 Å². The standard InChI is InChI=1S/C23H28ClN3O5/c1-5-31-19-9-7-6-8-17(19)22(29)25-21(14(2)3)23(30)27-26-20(28)13-32-16-10-11-18(24)15(4)12-16/h6-12,14,21H,5,13H2,1-4H3,(H,25,29)(H,26,28)(H,27,30)/t21-/m0/s1. The molecule has 2 rings (SSSR count). The predicted molar refractivity (Wildman–Crippen MR) is 122 cm³/mol. The first-order valence-electron chi connectivity index (χ1n) is 10.2. The van der Waals surface area contributed by atoms with Gasteiger partial charge in [0.1, 0.15) is 17.5 Å². The second-order valence-electron chi connectivity index (χ2n) is 7.36. The molecule has 0 radical (unpaired) electrons. The molecule has 32 heavy (non-hydrogen) atoms. The fourth-order valence-electron chi connectivity index (χ4n) is 2.79. The van der Waals surface area contributed by atoms with Crippen LogP contribution in [0.4, 0.5) is 0 Å². The van der Waals surface area contributed by atoms with E-state index in [0.717, 1.165) is 5.56 Å². The molecule has 0 fully saturated rings. The van der Waals surface area contributed by atoms with Gasteiger partial charge in [-0.2, -0.15) is 0 Å². The number of amides is 3. The summed E-state index contributed by atoms with van der Waals surface area (Å²) in [4.78, 5) is 37.4. The molecule has 8 nitrogen and oxygen atoms in total. The highest BCUT2D eigenvalue weighted by molar-refractivity contribution is 6.31. The summed E-state index contributed by atoms with van der Waals surface area (Å²) in [6.07, 6.45) is 0. The second-order valence-corrected chi connectivity index (χ2v) is 7.77. The largest absolute Gasteiger partial charge is 0.493 e. The molecule has 0 bridgehead atoms. The number of hydrazine groups is 1. The number of halogens is 1. The number of ether oxygens (including phenoxy) is 2. The zero-order valence-corrected chi connectivity index (χ0v) is 19.3. The summed E-state index contributed by atoms with van der Waals surface area (Å²) in [5.74, 6) is -0.884. The van der Waals surface area contributed by atoms with E-state index in [9.17, 15) is 14.4 Å². The molecule has 0 heterocycles. The van der Waals surface area contributed by atoms with E-state index in [1.165, 1.54) is 0 Å². The van der Waals surface area contributed by atoms with E-state index >= 15 is 0 Å². The molecule has 0 saturated carbocycles. The van der Waals surface area contributed by atoms with Crippen molar-refractivity contribution in [3.8, 4) is 11.5 Å². The van der Waals surface area contributed by atoms with E-state index in [1.807, 2.05) is 13.8 Å². The molecule has 0 saturated heterocycles. The average molecular weight is 462 g/mol. The Morgan fingerprint density at radius 1 is 1.03 bits per heavy atom. The summed E-state index contributed by atoms with van der Waals surface area (Å²) in [6.45, 7) is 7.31. The van der Waals surface area contributed by atoms with E-state index in [2.05, 4.69) is 16.2 Å². The van der Waals surface area contributed by atoms with Gasteiger partial charge in [0.2, 0.25) is 0 Å². The maximum absolute atomic E-state index is 12.7. The van der Waals surface area contributed by atoms with E-state index in [1.54, 1.807) is 56.3 Å². The molecule has 172 valence electrons. The van der Waals surface area contributed by atoms with Crippen molar-refractivity contribution in [1.29, 1.82) is 0 Å². The lowest BCUT2D eigenvalue weighted by Gasteiger charge is -2.22. The highest BCUT2D eigenvalue weighted by Crippen LogP contribution is 2.21. The first-order valence-corrected chi connectivity index (χ1v) is 10.6. The van der Waals surface area contributed by atoms with Crippen LogP contribution in [0.5, 0.6) is 11.5 Å². The molecule has 0 aliphatic rings. The van der Waals surface area contributed by atoms with Crippen molar-refractivity contribution < 1.29 is 23.9 Å². The molecular formula is C23H28ClN3O5. The minimum absolute atomic E-state index is 0.233. The number of carbonyl (C=O) groups excluding carboxylic acids is 3. The first kappa shape index (κ1) is 25.0. The van der Waals surface area contributed by atoms with Gasteiger partial charge in [-0.25, -0.2) is 0 Å². The summed E-state index contributed by atoms with van der Waals surface area (Å²) < 4.78 is 10.9. The highest BCUT2D eigenvalue weighted by atomic mass is 35.5. The lowest BCUT2D eigenvalue weighted by atomic mass is 10.0. The minimum Gasteiger partial charge on any atom is -0.493 e. The average Bonchev–Trinajstić information content (AvgIpc) is 2.76. The Balaban J connectivity index is 1.91. The van der Waals surface area contributed by atoms with Gasteiger partial charge in [-0.3, -0.25) is 25.2 Å². The number of nitrogens with one attached hydrogen (secondary N) is 3. The molecule has 0 spiro atoms. The van der Waals surface area contributed by atoms with Crippen molar-refractivity contribution in [2.75, 3.05) is 13.2 Å². The normalized spacial score (nSPS) is 11.4. The molecule has 9 heteroatoms. The molecule has 2 aromatic rings. The van der Waals surface area contributed by atoms with Crippen molar-refractivity contribution in [3.63, 3.8) is 0 Å². The van der Waals surface area contributed by atoms with Gasteiger partial charge in [-0.15, -0.1) is 0 Å². The van der Waals surface area contributed by atoms with Crippen molar-refractivity contribution in [1.82, 2.24) is 16.2 Å². The lowest BCUT2D eigenvalue weighted by Crippen LogP contribution is -2.55. The molecule has 0 aliphatic carbocycles. The zero-order valence-electron chi connectivity index (χ0n) is 18.5. The third-order valence-electron chi connectivity index (χ3n) is 4.49. The number of hydrogen-bond acceptors (Lipinski definition) is 5. The first-order chi connectivity index (χ1) is 15.2. The monoisotopic (exact) mass is 461 g/mol. The van der Waals surface area contributed by atoms with Gasteiger partial charge in [0, 0.05) is 5.02 Å². The van der Waals surface area contributed by atoms with Crippen molar-refractivity contribution in [2.24, 2.45) is 5.92 Å². The summed E-state index contributed by atoms with van der Waals surface area (Å²) in [6, 6.07) is 10.9. The smallest absolute Gasteiger partial charge is 0.276 e. The van der Waals surface area contributed by atoms with Crippen molar-refractivity contribution >= 4 is 29.3 Å². The van der Waals surface area contributed by atoms with Crippen molar-refractivity contribution in [2.45, 2.75) is 33.7 Å². The Hall–Kier alpha value is -3.26.